The Labute approximate surface area is 113 Å². The van der Waals surface area contributed by atoms with E-state index in [1.807, 2.05) is 6.92 Å². The number of carboxylic acids is 1. The fraction of sp³-hybridized carbons (Fsp3) is 0.818. The van der Waals surface area contributed by atoms with Gasteiger partial charge in [-0.3, -0.25) is 0 Å². The normalized spacial score (nSPS) is 14.5. The van der Waals surface area contributed by atoms with Crippen LogP contribution in [0.5, 0.6) is 0 Å². The van der Waals surface area contributed by atoms with Gasteiger partial charge in [0.05, 0.1) is 5.75 Å². The van der Waals surface area contributed by atoms with Crippen molar-refractivity contribution in [3.05, 3.63) is 0 Å². The molecule has 0 aliphatic carbocycles. The number of rotatable bonds is 8. The van der Waals surface area contributed by atoms with Gasteiger partial charge < -0.3 is 15.7 Å². The van der Waals surface area contributed by atoms with Crippen molar-refractivity contribution in [3.63, 3.8) is 0 Å². The average Bonchev–Trinajstić information content (AvgIpc) is 2.20. The third-order valence-corrected chi connectivity index (χ3v) is 3.49. The van der Waals surface area contributed by atoms with Crippen LogP contribution in [-0.4, -0.2) is 49.6 Å². The van der Waals surface area contributed by atoms with Crippen molar-refractivity contribution in [2.45, 2.75) is 45.2 Å². The van der Waals surface area contributed by atoms with Crippen molar-refractivity contribution >= 4 is 21.8 Å². The molecule has 0 aromatic carbocycles. The lowest BCUT2D eigenvalue weighted by atomic mass is 10.1. The highest BCUT2D eigenvalue weighted by atomic mass is 32.2. The lowest BCUT2D eigenvalue weighted by molar-refractivity contribution is -0.139. The molecule has 0 fully saturated rings. The summed E-state index contributed by atoms with van der Waals surface area (Å²) in [5, 5.41) is 13.7. The second kappa shape index (κ2) is 7.98. The summed E-state index contributed by atoms with van der Waals surface area (Å²) >= 11 is 0. The molecule has 8 heteroatoms. The first-order valence-corrected chi connectivity index (χ1v) is 8.19. The van der Waals surface area contributed by atoms with Crippen LogP contribution in [0.15, 0.2) is 0 Å². The van der Waals surface area contributed by atoms with Gasteiger partial charge in [0.2, 0.25) is 0 Å². The maximum absolute atomic E-state index is 11.5. The van der Waals surface area contributed by atoms with Gasteiger partial charge in [0.25, 0.3) is 0 Å². The highest BCUT2D eigenvalue weighted by molar-refractivity contribution is 7.90. The number of carbonyl (C=O) groups excluding carboxylic acids is 1. The summed E-state index contributed by atoms with van der Waals surface area (Å²) in [6.07, 6.45) is 2.94. The first-order valence-electron chi connectivity index (χ1n) is 6.13. The topological polar surface area (TPSA) is 113 Å². The molecular weight excluding hydrogens is 272 g/mol. The third kappa shape index (κ3) is 9.29. The molecule has 0 rings (SSSR count). The van der Waals surface area contributed by atoms with Crippen molar-refractivity contribution in [2.24, 2.45) is 0 Å². The van der Waals surface area contributed by atoms with Crippen molar-refractivity contribution in [2.75, 3.05) is 12.0 Å². The molecule has 0 heterocycles. The van der Waals surface area contributed by atoms with Crippen molar-refractivity contribution in [3.8, 4) is 0 Å². The van der Waals surface area contributed by atoms with Gasteiger partial charge in [-0.2, -0.15) is 0 Å². The van der Waals surface area contributed by atoms with E-state index in [9.17, 15) is 18.0 Å². The molecule has 7 nitrogen and oxygen atoms in total. The smallest absolute Gasteiger partial charge is 0.326 e. The van der Waals surface area contributed by atoms with Gasteiger partial charge in [0.15, 0.2) is 0 Å². The number of urea groups is 1. The standard InChI is InChI=1S/C11H22N2O5S/c1-4-5-6-9(10(14)15)13-11(16)12-8(2)7-19(3,17)18/h8-9H,4-7H2,1-3H3,(H,14,15)(H2,12,13,16). The summed E-state index contributed by atoms with van der Waals surface area (Å²) in [7, 11) is -3.19. The molecule has 2 amide bonds. The molecule has 0 aliphatic rings. The molecule has 3 N–H and O–H groups in total. The van der Waals surface area contributed by atoms with Crippen LogP contribution >= 0.6 is 0 Å². The molecular formula is C11H22N2O5S. The largest absolute Gasteiger partial charge is 0.480 e. The maximum atomic E-state index is 11.5. The minimum atomic E-state index is -3.19. The summed E-state index contributed by atoms with van der Waals surface area (Å²) in [5.41, 5.74) is 0. The number of carboxylic acid groups (broad SMARTS) is 1. The van der Waals surface area contributed by atoms with E-state index in [1.165, 1.54) is 0 Å². The molecule has 0 saturated heterocycles. The predicted molar refractivity (Wildman–Crippen MR) is 71.8 cm³/mol. The van der Waals surface area contributed by atoms with E-state index < -0.39 is 33.9 Å². The van der Waals surface area contributed by atoms with E-state index in [4.69, 9.17) is 5.11 Å². The van der Waals surface area contributed by atoms with Gasteiger partial charge in [0, 0.05) is 12.3 Å². The van der Waals surface area contributed by atoms with Gasteiger partial charge in [0.1, 0.15) is 15.9 Å². The molecule has 0 bridgehead atoms. The summed E-state index contributed by atoms with van der Waals surface area (Å²) in [4.78, 5) is 22.5. The Kier molecular flexibility index (Phi) is 7.43. The Bertz CT molecular complexity index is 407. The zero-order valence-corrected chi connectivity index (χ0v) is 12.3. The average molecular weight is 294 g/mol. The number of carbonyl (C=O) groups is 2. The minimum absolute atomic E-state index is 0.187. The lowest BCUT2D eigenvalue weighted by Gasteiger charge is -2.17. The van der Waals surface area contributed by atoms with E-state index in [2.05, 4.69) is 10.6 Å². The molecule has 2 atom stereocenters. The number of sulfone groups is 1. The van der Waals surface area contributed by atoms with Crippen LogP contribution in [0, 0.1) is 0 Å². The van der Waals surface area contributed by atoms with Gasteiger partial charge in [-0.1, -0.05) is 19.8 Å². The Morgan fingerprint density at radius 1 is 1.26 bits per heavy atom. The fourth-order valence-electron chi connectivity index (χ4n) is 1.59. The molecule has 112 valence electrons. The number of hydrogen-bond acceptors (Lipinski definition) is 4. The van der Waals surface area contributed by atoms with Gasteiger partial charge >= 0.3 is 12.0 Å². The monoisotopic (exact) mass is 294 g/mol. The van der Waals surface area contributed by atoms with Crippen LogP contribution < -0.4 is 10.6 Å². The van der Waals surface area contributed by atoms with Crippen LogP contribution in [0.4, 0.5) is 4.79 Å². The molecule has 0 radical (unpaired) electrons. The quantitative estimate of drug-likeness (QED) is 0.598. The van der Waals surface area contributed by atoms with Crippen LogP contribution in [0.3, 0.4) is 0 Å². The maximum Gasteiger partial charge on any atom is 0.326 e. The summed E-state index contributed by atoms with van der Waals surface area (Å²) in [5.74, 6) is -1.29. The van der Waals surface area contributed by atoms with E-state index in [0.29, 0.717) is 12.8 Å². The van der Waals surface area contributed by atoms with E-state index in [-0.39, 0.29) is 5.75 Å². The number of nitrogens with one attached hydrogen (secondary N) is 2. The molecule has 0 saturated carbocycles. The van der Waals surface area contributed by atoms with Gasteiger partial charge in [-0.25, -0.2) is 18.0 Å². The van der Waals surface area contributed by atoms with E-state index in [1.54, 1.807) is 6.92 Å². The number of aliphatic carboxylic acids is 1. The van der Waals surface area contributed by atoms with Crippen molar-refractivity contribution < 1.29 is 23.1 Å². The molecule has 0 spiro atoms. The molecule has 0 aliphatic heterocycles. The van der Waals surface area contributed by atoms with Crippen LogP contribution in [0.1, 0.15) is 33.1 Å². The first-order chi connectivity index (χ1) is 8.65. The van der Waals surface area contributed by atoms with Crippen LogP contribution in [0.25, 0.3) is 0 Å². The lowest BCUT2D eigenvalue weighted by Crippen LogP contribution is -2.49. The number of hydrogen-bond donors (Lipinski definition) is 3. The summed E-state index contributed by atoms with van der Waals surface area (Å²) in [6, 6.07) is -2.19. The van der Waals surface area contributed by atoms with Crippen molar-refractivity contribution in [1.82, 2.24) is 10.6 Å². The molecule has 0 aromatic rings. The number of amides is 2. The molecule has 19 heavy (non-hydrogen) atoms. The number of unbranched alkanes of at least 4 members (excludes halogenated alkanes) is 1. The summed E-state index contributed by atoms with van der Waals surface area (Å²) < 4.78 is 22.1. The Hall–Kier alpha value is -1.31. The highest BCUT2D eigenvalue weighted by Crippen LogP contribution is 2.01. The zero-order valence-electron chi connectivity index (χ0n) is 11.5. The first kappa shape index (κ1) is 17.7. The van der Waals surface area contributed by atoms with E-state index in [0.717, 1.165) is 12.7 Å². The zero-order chi connectivity index (χ0) is 15.1. The Morgan fingerprint density at radius 2 is 1.84 bits per heavy atom. The van der Waals surface area contributed by atoms with Crippen molar-refractivity contribution in [1.29, 1.82) is 0 Å². The minimum Gasteiger partial charge on any atom is -0.480 e. The van der Waals surface area contributed by atoms with Crippen LogP contribution in [0.2, 0.25) is 0 Å². The fourth-order valence-corrected chi connectivity index (χ4v) is 2.58. The second-order valence-electron chi connectivity index (χ2n) is 4.64. The SMILES string of the molecule is CCCCC(NC(=O)NC(C)CS(C)(=O)=O)C(=O)O. The molecule has 0 aromatic heterocycles. The van der Waals surface area contributed by atoms with Gasteiger partial charge in [-0.15, -0.1) is 0 Å². The third-order valence-electron chi connectivity index (χ3n) is 2.38. The Morgan fingerprint density at radius 3 is 2.26 bits per heavy atom. The van der Waals surface area contributed by atoms with Crippen LogP contribution in [-0.2, 0) is 14.6 Å². The summed E-state index contributed by atoms with van der Waals surface area (Å²) in [6.45, 7) is 3.47. The predicted octanol–water partition coefficient (Wildman–Crippen LogP) is 0.362. The van der Waals surface area contributed by atoms with E-state index >= 15 is 0 Å². The van der Waals surface area contributed by atoms with Gasteiger partial charge in [-0.05, 0) is 13.3 Å². The highest BCUT2D eigenvalue weighted by Gasteiger charge is 2.20. The second-order valence-corrected chi connectivity index (χ2v) is 6.83. The molecule has 2 unspecified atom stereocenters. The Balaban J connectivity index is 4.30.